The van der Waals surface area contributed by atoms with Gasteiger partial charge in [0, 0.05) is 44.0 Å². The summed E-state index contributed by atoms with van der Waals surface area (Å²) < 4.78 is 7.33. The summed E-state index contributed by atoms with van der Waals surface area (Å²) in [6.07, 6.45) is 8.11. The normalized spacial score (nSPS) is 16.8. The number of hydrogen-bond acceptors (Lipinski definition) is 5. The molecule has 0 saturated carbocycles. The second-order valence-corrected chi connectivity index (χ2v) is 7.61. The second-order valence-electron chi connectivity index (χ2n) is 7.61. The lowest BCUT2D eigenvalue weighted by Gasteiger charge is -2.31. The van der Waals surface area contributed by atoms with Gasteiger partial charge in [0.25, 0.3) is 0 Å². The van der Waals surface area contributed by atoms with Crippen LogP contribution in [-0.2, 0) is 4.79 Å². The van der Waals surface area contributed by atoms with Crippen LogP contribution in [0, 0.1) is 5.92 Å². The van der Waals surface area contributed by atoms with Gasteiger partial charge in [-0.3, -0.25) is 14.2 Å². The van der Waals surface area contributed by atoms with Crippen LogP contribution in [0.4, 0.5) is 5.82 Å². The molecule has 0 radical (unpaired) electrons. The van der Waals surface area contributed by atoms with Crippen LogP contribution in [-0.4, -0.2) is 51.9 Å². The number of methoxy groups -OCH3 is 1. The highest BCUT2D eigenvalue weighted by Crippen LogP contribution is 2.30. The Balaban J connectivity index is 1.54. The molecule has 0 aliphatic carbocycles. The van der Waals surface area contributed by atoms with Gasteiger partial charge in [0.2, 0.25) is 5.91 Å². The summed E-state index contributed by atoms with van der Waals surface area (Å²) in [4.78, 5) is 23.5. The van der Waals surface area contributed by atoms with Crippen LogP contribution in [0.3, 0.4) is 0 Å². The molecule has 7 nitrogen and oxygen atoms in total. The summed E-state index contributed by atoms with van der Waals surface area (Å²) in [7, 11) is 1.65. The Kier molecular flexibility index (Phi) is 5.64. The number of benzene rings is 1. The number of likely N-dealkylation sites (tertiary alicyclic amines) is 1. The summed E-state index contributed by atoms with van der Waals surface area (Å²) in [6, 6.07) is 7.82. The quantitative estimate of drug-likeness (QED) is 0.694. The Morgan fingerprint density at radius 1 is 1.38 bits per heavy atom. The van der Waals surface area contributed by atoms with Crippen LogP contribution >= 0.6 is 0 Å². The molecule has 3 aromatic rings. The first-order chi connectivity index (χ1) is 14.2. The van der Waals surface area contributed by atoms with Crippen LogP contribution in [0.5, 0.6) is 5.75 Å². The number of piperidine rings is 1. The standard InChI is InChI=1S/C22H27N5O2/c1-16-5-4-11-26(15-16)20(28)8-9-24-22-21(17-6-3-7-18(13-17)29-2)25-19-14-23-10-12-27(19)22/h3,6-7,10,12-14,16,24H,4-5,8-9,11,15H2,1-2H3/t16-/m0/s1. The number of amides is 1. The van der Waals surface area contributed by atoms with Gasteiger partial charge in [-0.05, 0) is 30.9 Å². The number of nitrogens with one attached hydrogen (secondary N) is 1. The molecule has 3 heterocycles. The van der Waals surface area contributed by atoms with E-state index in [0.29, 0.717) is 18.9 Å². The summed E-state index contributed by atoms with van der Waals surface area (Å²) >= 11 is 0. The zero-order valence-corrected chi connectivity index (χ0v) is 17.0. The van der Waals surface area contributed by atoms with E-state index in [2.05, 4.69) is 17.2 Å². The van der Waals surface area contributed by atoms with Gasteiger partial charge < -0.3 is 15.0 Å². The zero-order valence-electron chi connectivity index (χ0n) is 17.0. The van der Waals surface area contributed by atoms with Crippen LogP contribution in [0.25, 0.3) is 16.9 Å². The molecule has 152 valence electrons. The van der Waals surface area contributed by atoms with Gasteiger partial charge >= 0.3 is 0 Å². The first-order valence-corrected chi connectivity index (χ1v) is 10.1. The topological polar surface area (TPSA) is 71.8 Å². The number of carbonyl (C=O) groups excluding carboxylic acids is 1. The van der Waals surface area contributed by atoms with E-state index in [1.807, 2.05) is 39.8 Å². The summed E-state index contributed by atoms with van der Waals surface area (Å²) in [5, 5.41) is 3.44. The number of hydrogen-bond donors (Lipinski definition) is 1. The first kappa shape index (κ1) is 19.2. The Labute approximate surface area is 170 Å². The van der Waals surface area contributed by atoms with Gasteiger partial charge in [-0.25, -0.2) is 4.98 Å². The maximum Gasteiger partial charge on any atom is 0.224 e. The average Bonchev–Trinajstić information content (AvgIpc) is 3.12. The van der Waals surface area contributed by atoms with Gasteiger partial charge in [-0.1, -0.05) is 19.1 Å². The third kappa shape index (κ3) is 4.18. The maximum absolute atomic E-state index is 12.6. The number of nitrogens with zero attached hydrogens (tertiary/aromatic N) is 4. The summed E-state index contributed by atoms with van der Waals surface area (Å²) in [6.45, 7) is 4.51. The van der Waals surface area contributed by atoms with Crippen molar-refractivity contribution in [2.75, 3.05) is 32.1 Å². The lowest BCUT2D eigenvalue weighted by atomic mass is 10.00. The number of rotatable bonds is 6. The van der Waals surface area contributed by atoms with Crippen molar-refractivity contribution in [3.63, 3.8) is 0 Å². The van der Waals surface area contributed by atoms with Gasteiger partial charge in [-0.15, -0.1) is 0 Å². The molecule has 0 spiro atoms. The van der Waals surface area contributed by atoms with Crippen molar-refractivity contribution in [3.05, 3.63) is 42.9 Å². The van der Waals surface area contributed by atoms with Crippen molar-refractivity contribution < 1.29 is 9.53 Å². The smallest absolute Gasteiger partial charge is 0.224 e. The molecule has 29 heavy (non-hydrogen) atoms. The third-order valence-electron chi connectivity index (χ3n) is 5.41. The van der Waals surface area contributed by atoms with Crippen molar-refractivity contribution in [1.82, 2.24) is 19.3 Å². The molecule has 1 atom stereocenters. The SMILES string of the molecule is COc1cccc(-c2nc3cnccn3c2NCCC(=O)N2CCC[C@H](C)C2)c1. The Morgan fingerprint density at radius 2 is 2.28 bits per heavy atom. The number of anilines is 1. The fraction of sp³-hybridized carbons (Fsp3) is 0.409. The molecule has 1 saturated heterocycles. The minimum atomic E-state index is 0.211. The molecule has 2 aromatic heterocycles. The Hall–Kier alpha value is -3.09. The highest BCUT2D eigenvalue weighted by Gasteiger charge is 2.21. The largest absolute Gasteiger partial charge is 0.497 e. The van der Waals surface area contributed by atoms with Crippen molar-refractivity contribution in [2.45, 2.75) is 26.2 Å². The molecule has 4 rings (SSSR count). The monoisotopic (exact) mass is 393 g/mol. The molecule has 7 heteroatoms. The predicted molar refractivity (Wildman–Crippen MR) is 113 cm³/mol. The third-order valence-corrected chi connectivity index (χ3v) is 5.41. The molecular weight excluding hydrogens is 366 g/mol. The average molecular weight is 393 g/mol. The number of imidazole rings is 1. The van der Waals surface area contributed by atoms with Crippen molar-refractivity contribution in [1.29, 1.82) is 0 Å². The molecule has 1 aromatic carbocycles. The molecule has 1 amide bonds. The Morgan fingerprint density at radius 3 is 3.10 bits per heavy atom. The van der Waals surface area contributed by atoms with Crippen molar-refractivity contribution in [2.24, 2.45) is 5.92 Å². The summed E-state index contributed by atoms with van der Waals surface area (Å²) in [5.74, 6) is 2.43. The van der Waals surface area contributed by atoms with E-state index in [1.54, 1.807) is 19.5 Å². The fourth-order valence-corrected chi connectivity index (χ4v) is 3.91. The van der Waals surface area contributed by atoms with Gasteiger partial charge in [0.1, 0.15) is 17.3 Å². The van der Waals surface area contributed by atoms with Gasteiger partial charge in [0.15, 0.2) is 5.65 Å². The van der Waals surface area contributed by atoms with Crippen molar-refractivity contribution in [3.8, 4) is 17.0 Å². The molecule has 1 N–H and O–H groups in total. The molecular formula is C22H27N5O2. The van der Waals surface area contributed by atoms with Crippen LogP contribution < -0.4 is 10.1 Å². The second kappa shape index (κ2) is 8.51. The first-order valence-electron chi connectivity index (χ1n) is 10.1. The molecule has 1 fully saturated rings. The molecule has 1 aliphatic heterocycles. The van der Waals surface area contributed by atoms with Gasteiger partial charge in [0.05, 0.1) is 13.3 Å². The minimum Gasteiger partial charge on any atom is -0.497 e. The van der Waals surface area contributed by atoms with Crippen LogP contribution in [0.15, 0.2) is 42.9 Å². The molecule has 0 bridgehead atoms. The van der Waals surface area contributed by atoms with Crippen LogP contribution in [0.2, 0.25) is 0 Å². The van der Waals surface area contributed by atoms with Crippen LogP contribution in [0.1, 0.15) is 26.2 Å². The lowest BCUT2D eigenvalue weighted by molar-refractivity contribution is -0.132. The van der Waals surface area contributed by atoms with E-state index in [9.17, 15) is 4.79 Å². The predicted octanol–water partition coefficient (Wildman–Crippen LogP) is 3.47. The number of fused-ring (bicyclic) bond motifs is 1. The number of aromatic nitrogens is 3. The van der Waals surface area contributed by atoms with Crippen molar-refractivity contribution >= 4 is 17.4 Å². The Bertz CT molecular complexity index is 1000. The van der Waals surface area contributed by atoms with E-state index < -0.39 is 0 Å². The minimum absolute atomic E-state index is 0.211. The van der Waals surface area contributed by atoms with E-state index in [0.717, 1.165) is 48.0 Å². The molecule has 1 aliphatic rings. The number of ether oxygens (including phenoxy) is 1. The maximum atomic E-state index is 12.6. The zero-order chi connectivity index (χ0) is 20.2. The van der Waals surface area contributed by atoms with E-state index >= 15 is 0 Å². The highest BCUT2D eigenvalue weighted by atomic mass is 16.5. The number of carbonyl (C=O) groups is 1. The highest BCUT2D eigenvalue weighted by molar-refractivity contribution is 5.79. The van der Waals surface area contributed by atoms with E-state index in [-0.39, 0.29) is 5.91 Å². The molecule has 0 unspecified atom stereocenters. The summed E-state index contributed by atoms with van der Waals surface area (Å²) in [5.41, 5.74) is 2.52. The van der Waals surface area contributed by atoms with Gasteiger partial charge in [-0.2, -0.15) is 0 Å². The van der Waals surface area contributed by atoms with E-state index in [4.69, 9.17) is 9.72 Å². The van der Waals surface area contributed by atoms with E-state index in [1.165, 1.54) is 6.42 Å². The fourth-order valence-electron chi connectivity index (χ4n) is 3.91. The lowest BCUT2D eigenvalue weighted by Crippen LogP contribution is -2.39.